The lowest BCUT2D eigenvalue weighted by Crippen LogP contribution is -2.38. The first kappa shape index (κ1) is 22.9. The van der Waals surface area contributed by atoms with Crippen LogP contribution >= 0.6 is 0 Å². The number of fused-ring (bicyclic) bond motifs is 2. The molecule has 0 saturated carbocycles. The number of methoxy groups -OCH3 is 1. The largest absolute Gasteiger partial charge is 0.497 e. The second-order valence-corrected chi connectivity index (χ2v) is 8.90. The second kappa shape index (κ2) is 9.78. The molecule has 0 spiro atoms. The first-order valence-corrected chi connectivity index (χ1v) is 11.8. The average molecular weight is 474 g/mol. The van der Waals surface area contributed by atoms with Crippen LogP contribution in [0.4, 0.5) is 10.1 Å². The van der Waals surface area contributed by atoms with Gasteiger partial charge in [-0.25, -0.2) is 9.38 Å². The van der Waals surface area contributed by atoms with E-state index in [2.05, 4.69) is 4.90 Å². The van der Waals surface area contributed by atoms with E-state index in [-0.39, 0.29) is 18.1 Å². The molecule has 0 unspecified atom stereocenters. The van der Waals surface area contributed by atoms with E-state index in [9.17, 15) is 9.18 Å². The Morgan fingerprint density at radius 3 is 2.63 bits per heavy atom. The number of carbonyl (C=O) groups excluding carboxylic acids is 1. The van der Waals surface area contributed by atoms with E-state index in [1.54, 1.807) is 19.2 Å². The van der Waals surface area contributed by atoms with Crippen molar-refractivity contribution in [3.8, 4) is 17.2 Å². The first-order valence-electron chi connectivity index (χ1n) is 11.8. The molecular weight excluding hydrogens is 445 g/mol. The highest BCUT2D eigenvalue weighted by Crippen LogP contribution is 2.40. The van der Waals surface area contributed by atoms with Gasteiger partial charge in [0.05, 0.1) is 19.1 Å². The fraction of sp³-hybridized carbons (Fsp3) is 0.286. The van der Waals surface area contributed by atoms with Crippen molar-refractivity contribution in [2.75, 3.05) is 33.3 Å². The van der Waals surface area contributed by atoms with E-state index in [0.29, 0.717) is 19.6 Å². The van der Waals surface area contributed by atoms with Crippen LogP contribution in [0, 0.1) is 12.7 Å². The van der Waals surface area contributed by atoms with Gasteiger partial charge in [0, 0.05) is 26.2 Å². The summed E-state index contributed by atoms with van der Waals surface area (Å²) in [6, 6.07) is 17.9. The zero-order chi connectivity index (χ0) is 24.4. The number of benzene rings is 3. The summed E-state index contributed by atoms with van der Waals surface area (Å²) in [6.45, 7) is 4.68. The summed E-state index contributed by atoms with van der Waals surface area (Å²) in [5.74, 6) is 2.74. The van der Waals surface area contributed by atoms with E-state index < -0.39 is 0 Å². The quantitative estimate of drug-likeness (QED) is 0.531. The second-order valence-electron chi connectivity index (χ2n) is 8.90. The zero-order valence-corrected chi connectivity index (χ0v) is 20.0. The number of halogens is 1. The predicted molar refractivity (Wildman–Crippen MR) is 133 cm³/mol. The molecule has 2 aliphatic heterocycles. The van der Waals surface area contributed by atoms with E-state index in [0.717, 1.165) is 58.4 Å². The minimum Gasteiger partial charge on any atom is -0.497 e. The fourth-order valence-corrected chi connectivity index (χ4v) is 4.50. The number of aliphatic imine (C=N–C) groups is 1. The Labute approximate surface area is 204 Å². The number of carbonyl (C=O) groups is 1. The lowest BCUT2D eigenvalue weighted by molar-refractivity contribution is -0.130. The van der Waals surface area contributed by atoms with Crippen molar-refractivity contribution >= 4 is 17.4 Å². The molecule has 1 amide bonds. The van der Waals surface area contributed by atoms with Crippen LogP contribution in [0.3, 0.4) is 0 Å². The molecular formula is C28H28FN3O3. The molecule has 5 rings (SSSR count). The van der Waals surface area contributed by atoms with Gasteiger partial charge in [-0.1, -0.05) is 18.2 Å². The van der Waals surface area contributed by atoms with E-state index in [1.807, 2.05) is 48.2 Å². The lowest BCUT2D eigenvalue weighted by Gasteiger charge is -2.25. The maximum atomic E-state index is 13.2. The van der Waals surface area contributed by atoms with Crippen LogP contribution in [-0.2, 0) is 11.2 Å². The highest BCUT2D eigenvalue weighted by molar-refractivity contribution is 6.04. The van der Waals surface area contributed by atoms with Crippen LogP contribution in [-0.4, -0.2) is 54.8 Å². The molecule has 0 aliphatic carbocycles. The standard InChI is InChI=1S/C28H28FN3O3/c1-19-4-10-24-26(16-19)35-25-11-9-22(34-2)18-23(25)28(30-24)32-13-3-12-31(14-15-32)27(33)17-20-5-7-21(29)8-6-20/h4-11,16,18H,3,12-15,17H2,1-2H3. The predicted octanol–water partition coefficient (Wildman–Crippen LogP) is 5.10. The number of aryl methyl sites for hydroxylation is 1. The van der Waals surface area contributed by atoms with Gasteiger partial charge in [0.25, 0.3) is 0 Å². The van der Waals surface area contributed by atoms with Crippen molar-refractivity contribution in [1.82, 2.24) is 9.80 Å². The van der Waals surface area contributed by atoms with Crippen LogP contribution in [0.2, 0.25) is 0 Å². The molecule has 0 aromatic heterocycles. The molecule has 6 nitrogen and oxygen atoms in total. The van der Waals surface area contributed by atoms with Gasteiger partial charge in [-0.15, -0.1) is 0 Å². The molecule has 35 heavy (non-hydrogen) atoms. The van der Waals surface area contributed by atoms with Gasteiger partial charge in [0.2, 0.25) is 5.91 Å². The highest BCUT2D eigenvalue weighted by Gasteiger charge is 2.26. The van der Waals surface area contributed by atoms with E-state index in [4.69, 9.17) is 14.5 Å². The van der Waals surface area contributed by atoms with E-state index >= 15 is 0 Å². The Balaban J connectivity index is 1.40. The van der Waals surface area contributed by atoms with Crippen molar-refractivity contribution in [2.45, 2.75) is 19.8 Å². The molecule has 7 heteroatoms. The summed E-state index contributed by atoms with van der Waals surface area (Å²) in [7, 11) is 1.64. The summed E-state index contributed by atoms with van der Waals surface area (Å²) in [6.07, 6.45) is 1.08. The number of amidine groups is 1. The topological polar surface area (TPSA) is 54.4 Å². The molecule has 2 heterocycles. The number of rotatable bonds is 3. The number of nitrogens with zero attached hydrogens (tertiary/aromatic N) is 3. The molecule has 0 atom stereocenters. The Hall–Kier alpha value is -3.87. The van der Waals surface area contributed by atoms with Crippen molar-refractivity contribution in [1.29, 1.82) is 0 Å². The summed E-state index contributed by atoms with van der Waals surface area (Å²) < 4.78 is 25.0. The molecule has 3 aromatic rings. The summed E-state index contributed by atoms with van der Waals surface area (Å²) >= 11 is 0. The molecule has 1 fully saturated rings. The number of hydrogen-bond donors (Lipinski definition) is 0. The van der Waals surface area contributed by atoms with Crippen molar-refractivity contribution in [3.63, 3.8) is 0 Å². The summed E-state index contributed by atoms with van der Waals surface area (Å²) in [4.78, 5) is 22.1. The Bertz CT molecular complexity index is 1270. The summed E-state index contributed by atoms with van der Waals surface area (Å²) in [5.41, 5.74) is 3.55. The average Bonchev–Trinajstić information content (AvgIpc) is 3.20. The molecule has 2 aliphatic rings. The third kappa shape index (κ3) is 4.99. The molecule has 180 valence electrons. The van der Waals surface area contributed by atoms with Crippen LogP contribution in [0.5, 0.6) is 17.2 Å². The number of hydrogen-bond acceptors (Lipinski definition) is 5. The van der Waals surface area contributed by atoms with Gasteiger partial charge in [-0.3, -0.25) is 4.79 Å². The third-order valence-electron chi connectivity index (χ3n) is 6.41. The normalized spacial score (nSPS) is 15.2. The smallest absolute Gasteiger partial charge is 0.227 e. The SMILES string of the molecule is COc1ccc2c(c1)C(N1CCCN(C(=O)Cc3ccc(F)cc3)CC1)=Nc1ccc(C)cc1O2. The van der Waals surface area contributed by atoms with Gasteiger partial charge >= 0.3 is 0 Å². The summed E-state index contributed by atoms with van der Waals surface area (Å²) in [5, 5.41) is 0. The van der Waals surface area contributed by atoms with Gasteiger partial charge in [-0.2, -0.15) is 0 Å². The minimum atomic E-state index is -0.298. The fourth-order valence-electron chi connectivity index (χ4n) is 4.50. The minimum absolute atomic E-state index is 0.0486. The van der Waals surface area contributed by atoms with Crippen molar-refractivity contribution in [2.24, 2.45) is 4.99 Å². The molecule has 3 aromatic carbocycles. The Kier molecular flexibility index (Phi) is 6.40. The van der Waals surface area contributed by atoms with Crippen LogP contribution < -0.4 is 9.47 Å². The molecule has 0 bridgehead atoms. The Morgan fingerprint density at radius 1 is 1.00 bits per heavy atom. The van der Waals surface area contributed by atoms with E-state index in [1.165, 1.54) is 12.1 Å². The van der Waals surface area contributed by atoms with Gasteiger partial charge in [-0.05, 0) is 66.9 Å². The lowest BCUT2D eigenvalue weighted by atomic mass is 10.1. The molecule has 0 radical (unpaired) electrons. The van der Waals surface area contributed by atoms with Gasteiger partial charge in [0.1, 0.15) is 28.8 Å². The van der Waals surface area contributed by atoms with Gasteiger partial charge in [0.15, 0.2) is 5.75 Å². The maximum absolute atomic E-state index is 13.2. The maximum Gasteiger partial charge on any atom is 0.227 e. The zero-order valence-electron chi connectivity index (χ0n) is 20.0. The molecule has 1 saturated heterocycles. The van der Waals surface area contributed by atoms with Crippen molar-refractivity contribution < 1.29 is 18.7 Å². The van der Waals surface area contributed by atoms with Crippen LogP contribution in [0.1, 0.15) is 23.1 Å². The van der Waals surface area contributed by atoms with Crippen LogP contribution in [0.25, 0.3) is 0 Å². The number of ether oxygens (including phenoxy) is 2. The third-order valence-corrected chi connectivity index (χ3v) is 6.41. The first-order chi connectivity index (χ1) is 17.0. The Morgan fingerprint density at radius 2 is 1.83 bits per heavy atom. The highest BCUT2D eigenvalue weighted by atomic mass is 19.1. The van der Waals surface area contributed by atoms with Gasteiger partial charge < -0.3 is 19.3 Å². The van der Waals surface area contributed by atoms with Crippen molar-refractivity contribution in [3.05, 3.63) is 83.2 Å². The van der Waals surface area contributed by atoms with Crippen LogP contribution in [0.15, 0.2) is 65.7 Å². The monoisotopic (exact) mass is 473 g/mol. The molecule has 0 N–H and O–H groups in total. The number of amides is 1.